The van der Waals surface area contributed by atoms with E-state index in [0.29, 0.717) is 0 Å². The summed E-state index contributed by atoms with van der Waals surface area (Å²) < 4.78 is 0. The van der Waals surface area contributed by atoms with Crippen molar-refractivity contribution in [3.8, 4) is 0 Å². The van der Waals surface area contributed by atoms with E-state index < -0.39 is 22.3 Å². The van der Waals surface area contributed by atoms with Crippen molar-refractivity contribution in [1.29, 1.82) is 0 Å². The quantitative estimate of drug-likeness (QED) is 0.634. The molecule has 0 aliphatic carbocycles. The molecule has 0 fully saturated rings. The van der Waals surface area contributed by atoms with Crippen molar-refractivity contribution in [2.45, 2.75) is 65.2 Å². The Kier molecular flexibility index (Phi) is 4.23. The normalized spacial score (nSPS) is 14.8. The molecule has 0 atom stereocenters. The molecule has 0 aliphatic rings. The van der Waals surface area contributed by atoms with Gasteiger partial charge in [0.2, 0.25) is 0 Å². The molecule has 0 aromatic heterocycles. The van der Waals surface area contributed by atoms with Crippen LogP contribution in [0.2, 0.25) is 51.9 Å². The van der Waals surface area contributed by atoms with Crippen molar-refractivity contribution in [1.82, 2.24) is 0 Å². The summed E-state index contributed by atoms with van der Waals surface area (Å²) in [7, 11) is -2.61. The Hall–Kier alpha value is 0.651. The summed E-state index contributed by atoms with van der Waals surface area (Å²) in [6, 6.07) is 1.58. The third-order valence-corrected chi connectivity index (χ3v) is 47.0. The van der Waals surface area contributed by atoms with E-state index >= 15 is 0 Å². The fraction of sp³-hybridized carbons (Fsp3) is 1.00. The van der Waals surface area contributed by atoms with E-state index in [9.17, 15) is 0 Å². The van der Waals surface area contributed by atoms with Crippen LogP contribution in [0.4, 0.5) is 0 Å². The third-order valence-electron chi connectivity index (χ3n) is 4.06. The van der Waals surface area contributed by atoms with Gasteiger partial charge in [0.15, 0.2) is 0 Å². The molecule has 3 heteroatoms. The van der Waals surface area contributed by atoms with E-state index in [0.717, 1.165) is 0 Å². The lowest BCUT2D eigenvalue weighted by molar-refractivity contribution is 1.06. The van der Waals surface area contributed by atoms with Gasteiger partial charge in [0, 0.05) is 22.3 Å². The highest BCUT2D eigenvalue weighted by Crippen LogP contribution is 2.33. The summed E-state index contributed by atoms with van der Waals surface area (Å²) in [6.45, 7) is 20.7. The largest absolute Gasteiger partial charge is 0.0729 e. The predicted octanol–water partition coefficient (Wildman–Crippen LogP) is 4.31. The first-order valence-electron chi connectivity index (χ1n) is 5.56. The second-order valence-electron chi connectivity index (χ2n) is 6.58. The monoisotopic (exact) mass is 232 g/mol. The molecular weight excluding hydrogens is 204 g/mol. The van der Waals surface area contributed by atoms with Crippen LogP contribution in [-0.4, -0.2) is 22.3 Å². The Morgan fingerprint density at radius 1 is 0.692 bits per heavy atom. The molecule has 13 heavy (non-hydrogen) atoms. The minimum atomic E-state index is -0.875. The molecule has 0 unspecified atom stereocenters. The lowest BCUT2D eigenvalue weighted by atomic mass is 10.6. The summed E-state index contributed by atoms with van der Waals surface area (Å²) in [5.74, 6) is 0. The lowest BCUT2D eigenvalue weighted by Crippen LogP contribution is -2.69. The summed E-state index contributed by atoms with van der Waals surface area (Å²) in [6.07, 6.45) is 1.41. The number of rotatable bonds is 4. The Morgan fingerprint density at radius 2 is 1.00 bits per heavy atom. The van der Waals surface area contributed by atoms with Crippen LogP contribution < -0.4 is 0 Å². The van der Waals surface area contributed by atoms with Crippen LogP contribution in [0.1, 0.15) is 13.3 Å². The molecule has 0 saturated heterocycles. The topological polar surface area (TPSA) is 0 Å². The Labute approximate surface area is 87.7 Å². The lowest BCUT2D eigenvalue weighted by Gasteiger charge is -2.48. The highest BCUT2D eigenvalue weighted by atomic mass is 29.6. The first-order chi connectivity index (χ1) is 5.56. The molecule has 0 amide bonds. The second kappa shape index (κ2) is 4.03. The summed E-state index contributed by atoms with van der Waals surface area (Å²) in [5, 5.41) is 0. The van der Waals surface area contributed by atoms with E-state index in [1.165, 1.54) is 6.42 Å². The molecule has 0 heterocycles. The molecular formula is C10H28Si3. The van der Waals surface area contributed by atoms with Gasteiger partial charge in [0.1, 0.15) is 0 Å². The van der Waals surface area contributed by atoms with Gasteiger partial charge in [0.05, 0.1) is 0 Å². The van der Waals surface area contributed by atoms with Crippen molar-refractivity contribution < 1.29 is 0 Å². The Balaban J connectivity index is 4.96. The average molecular weight is 233 g/mol. The Morgan fingerprint density at radius 3 is 1.08 bits per heavy atom. The highest BCUT2D eigenvalue weighted by Gasteiger charge is 2.49. The first kappa shape index (κ1) is 13.7. The number of hydrogen-bond donors (Lipinski definition) is 0. The van der Waals surface area contributed by atoms with Crippen LogP contribution >= 0.6 is 0 Å². The van der Waals surface area contributed by atoms with Crippen molar-refractivity contribution in [3.63, 3.8) is 0 Å². The molecule has 0 aromatic carbocycles. The zero-order chi connectivity index (χ0) is 10.9. The van der Waals surface area contributed by atoms with Gasteiger partial charge < -0.3 is 0 Å². The maximum Gasteiger partial charge on any atom is 0.0387 e. The molecule has 0 saturated carbocycles. The van der Waals surface area contributed by atoms with Gasteiger partial charge >= 0.3 is 0 Å². The van der Waals surface area contributed by atoms with Crippen molar-refractivity contribution in [3.05, 3.63) is 0 Å². The zero-order valence-corrected chi connectivity index (χ0v) is 13.9. The van der Waals surface area contributed by atoms with Gasteiger partial charge in [-0.2, -0.15) is 0 Å². The third kappa shape index (κ3) is 2.80. The Bertz CT molecular complexity index is 148. The summed E-state index contributed by atoms with van der Waals surface area (Å²) in [4.78, 5) is 0. The fourth-order valence-electron chi connectivity index (χ4n) is 2.38. The number of hydrogen-bond acceptors (Lipinski definition) is 0. The molecule has 0 N–H and O–H groups in total. The predicted molar refractivity (Wildman–Crippen MR) is 73.4 cm³/mol. The minimum Gasteiger partial charge on any atom is -0.0729 e. The summed E-state index contributed by atoms with van der Waals surface area (Å²) in [5.41, 5.74) is 0. The first-order valence-corrected chi connectivity index (χ1v) is 17.3. The second-order valence-corrected chi connectivity index (χ2v) is 35.9. The van der Waals surface area contributed by atoms with Crippen LogP contribution in [0.3, 0.4) is 0 Å². The van der Waals surface area contributed by atoms with Gasteiger partial charge in [-0.05, 0) is 0 Å². The zero-order valence-electron chi connectivity index (χ0n) is 10.9. The standard InChI is InChI=1S/C10H28Si3/c1-9-10-13(8,11(2,3)4)12(5,6)7/h9-10H2,1-8H3. The van der Waals surface area contributed by atoms with Gasteiger partial charge in [-0.15, -0.1) is 0 Å². The average Bonchev–Trinajstić information content (AvgIpc) is 1.82. The molecule has 0 nitrogen and oxygen atoms in total. The van der Waals surface area contributed by atoms with Crippen LogP contribution in [0.15, 0.2) is 0 Å². The van der Waals surface area contributed by atoms with E-state index in [4.69, 9.17) is 0 Å². The van der Waals surface area contributed by atoms with Crippen molar-refractivity contribution >= 4 is 22.3 Å². The van der Waals surface area contributed by atoms with Crippen molar-refractivity contribution in [2.24, 2.45) is 0 Å². The molecule has 0 aromatic rings. The molecule has 80 valence electrons. The van der Waals surface area contributed by atoms with Crippen LogP contribution in [0.5, 0.6) is 0 Å². The summed E-state index contributed by atoms with van der Waals surface area (Å²) >= 11 is 0. The SMILES string of the molecule is CCC[Si](C)([Si](C)(C)C)[Si](C)(C)C. The maximum absolute atomic E-state index is 2.70. The molecule has 0 radical (unpaired) electrons. The van der Waals surface area contributed by atoms with E-state index in [-0.39, 0.29) is 0 Å². The highest BCUT2D eigenvalue weighted by molar-refractivity contribution is 7.68. The van der Waals surface area contributed by atoms with Crippen LogP contribution in [0.25, 0.3) is 0 Å². The van der Waals surface area contributed by atoms with E-state index in [2.05, 4.69) is 52.8 Å². The van der Waals surface area contributed by atoms with Gasteiger partial charge in [-0.25, -0.2) is 0 Å². The van der Waals surface area contributed by atoms with E-state index in [1.54, 1.807) is 6.04 Å². The van der Waals surface area contributed by atoms with Crippen molar-refractivity contribution in [2.75, 3.05) is 0 Å². The molecule has 0 rings (SSSR count). The van der Waals surface area contributed by atoms with Gasteiger partial charge in [-0.1, -0.05) is 65.2 Å². The van der Waals surface area contributed by atoms with E-state index in [1.807, 2.05) is 0 Å². The van der Waals surface area contributed by atoms with Crippen LogP contribution in [0, 0.1) is 0 Å². The molecule has 0 aliphatic heterocycles. The molecule has 0 spiro atoms. The minimum absolute atomic E-state index is 0.867. The fourth-order valence-corrected chi connectivity index (χ4v) is 40.1. The molecule has 0 bridgehead atoms. The van der Waals surface area contributed by atoms with Crippen LogP contribution in [-0.2, 0) is 0 Å². The van der Waals surface area contributed by atoms with Gasteiger partial charge in [-0.3, -0.25) is 0 Å². The maximum atomic E-state index is 2.70. The van der Waals surface area contributed by atoms with Gasteiger partial charge in [0.25, 0.3) is 0 Å². The smallest absolute Gasteiger partial charge is 0.0387 e.